The molecule has 3 aliphatic rings. The Hall–Kier alpha value is -6.45. The standard InChI is InChI=1S/C57H70FN11O6S.C2H6.H2S/c1-35(37-13-15-38(16-14-37)51-36(2)61-34-76-51)62-53(71)45-11-10-24-69(45)55(73)52(56(3,4)5)65-49(70)12-8-9-28-75-33-57(74)22-26-67(27-23-57)44-19-20-47(64-43(44)32-66(6)7)63-42-18-17-40(41-30-60-54(72)50(41)42)46-31-59-48-29-39(58)21-25-68(46)48;1-2;/h13-21,25,29,31,34-35,45,52,74H,8-12,22-24,26-28,30,32-33H2,1-7H3,(H,60,72)(H,62,71)(H,63,64)(H,65,70);1-2H3;1H2. The van der Waals surface area contributed by atoms with E-state index < -0.39 is 23.1 Å². The molecular formula is C59H78FN11O6S2. The second-order valence-electron chi connectivity index (χ2n) is 21.8. The summed E-state index contributed by atoms with van der Waals surface area (Å²) in [6.45, 7) is 16.8. The van der Waals surface area contributed by atoms with Crippen LogP contribution in [-0.2, 0) is 32.2 Å². The van der Waals surface area contributed by atoms with E-state index in [0.717, 1.165) is 49.9 Å². The Kier molecular flexibility index (Phi) is 20.0. The number of benzene rings is 2. The molecular weight excluding hydrogens is 1040 g/mol. The van der Waals surface area contributed by atoms with Gasteiger partial charge in [0.1, 0.15) is 29.4 Å². The number of hydrogen-bond donors (Lipinski definition) is 5. The van der Waals surface area contributed by atoms with Crippen LogP contribution >= 0.6 is 24.8 Å². The molecule has 79 heavy (non-hydrogen) atoms. The minimum absolute atomic E-state index is 0. The molecule has 2 saturated heterocycles. The molecule has 2 fully saturated rings. The number of nitrogens with zero attached hydrogens (tertiary/aromatic N) is 7. The number of piperidine rings is 1. The summed E-state index contributed by atoms with van der Waals surface area (Å²) in [5.41, 5.74) is 9.11. The minimum Gasteiger partial charge on any atom is -0.387 e. The van der Waals surface area contributed by atoms with Crippen LogP contribution in [0.3, 0.4) is 0 Å². The van der Waals surface area contributed by atoms with E-state index in [1.54, 1.807) is 28.6 Å². The molecule has 20 heteroatoms. The van der Waals surface area contributed by atoms with Gasteiger partial charge in [-0.15, -0.1) is 11.3 Å². The number of nitrogens with one attached hydrogen (secondary N) is 4. The number of aryl methyl sites for hydroxylation is 1. The van der Waals surface area contributed by atoms with Gasteiger partial charge in [-0.25, -0.2) is 19.3 Å². The van der Waals surface area contributed by atoms with Crippen LogP contribution in [0, 0.1) is 18.2 Å². The van der Waals surface area contributed by atoms with Gasteiger partial charge in [0.05, 0.1) is 68.9 Å². The van der Waals surface area contributed by atoms with Crippen molar-refractivity contribution in [1.29, 1.82) is 0 Å². The molecule has 0 bridgehead atoms. The molecule has 0 spiro atoms. The summed E-state index contributed by atoms with van der Waals surface area (Å²) in [7, 11) is 3.97. The monoisotopic (exact) mass is 1120 g/mol. The van der Waals surface area contributed by atoms with Gasteiger partial charge in [0.25, 0.3) is 5.91 Å². The number of aliphatic hydroxyl groups is 1. The average Bonchev–Trinajstić information content (AvgIpc) is 4.30. The number of imidazole rings is 1. The molecule has 3 unspecified atom stereocenters. The largest absolute Gasteiger partial charge is 0.387 e. The van der Waals surface area contributed by atoms with Crippen LogP contribution in [-0.4, -0.2) is 123 Å². The summed E-state index contributed by atoms with van der Waals surface area (Å²) in [4.78, 5) is 75.3. The predicted octanol–water partition coefficient (Wildman–Crippen LogP) is 9.07. The van der Waals surface area contributed by atoms with Gasteiger partial charge in [-0.2, -0.15) is 13.5 Å². The molecule has 0 aliphatic carbocycles. The number of pyridine rings is 2. The molecule has 4 amide bonds. The summed E-state index contributed by atoms with van der Waals surface area (Å²) >= 11 is 1.60. The van der Waals surface area contributed by atoms with Crippen molar-refractivity contribution < 1.29 is 33.4 Å². The first-order valence-electron chi connectivity index (χ1n) is 27.3. The van der Waals surface area contributed by atoms with Crippen molar-refractivity contribution in [2.45, 2.75) is 130 Å². The zero-order valence-corrected chi connectivity index (χ0v) is 48.9. The van der Waals surface area contributed by atoms with Gasteiger partial charge in [0, 0.05) is 63.6 Å². The van der Waals surface area contributed by atoms with Crippen LogP contribution in [0.4, 0.5) is 21.6 Å². The number of ether oxygens (including phenoxy) is 1. The Morgan fingerprint density at radius 1 is 1.00 bits per heavy atom. The minimum atomic E-state index is -1.01. The molecule has 17 nitrogen and oxygen atoms in total. The van der Waals surface area contributed by atoms with E-state index in [0.29, 0.717) is 101 Å². The topological polar surface area (TPSA) is 199 Å². The summed E-state index contributed by atoms with van der Waals surface area (Å²) < 4.78 is 21.8. The maximum absolute atomic E-state index is 14.2. The van der Waals surface area contributed by atoms with Gasteiger partial charge in [-0.1, -0.05) is 65.0 Å². The number of carbonyl (C=O) groups is 4. The van der Waals surface area contributed by atoms with Crippen LogP contribution in [0.5, 0.6) is 0 Å². The lowest BCUT2D eigenvalue weighted by atomic mass is 9.85. The molecule has 2 aromatic carbocycles. The van der Waals surface area contributed by atoms with Crippen LogP contribution in [0.2, 0.25) is 0 Å². The highest BCUT2D eigenvalue weighted by molar-refractivity contribution is 7.59. The van der Waals surface area contributed by atoms with Gasteiger partial charge < -0.3 is 45.8 Å². The van der Waals surface area contributed by atoms with E-state index in [-0.39, 0.29) is 62.0 Å². The highest BCUT2D eigenvalue weighted by atomic mass is 32.1. The first-order valence-corrected chi connectivity index (χ1v) is 28.2. The lowest BCUT2D eigenvalue weighted by Gasteiger charge is -2.39. The number of anilines is 3. The van der Waals surface area contributed by atoms with Crippen molar-refractivity contribution in [1.82, 2.24) is 45.1 Å². The number of likely N-dealkylation sites (tertiary alicyclic amines) is 1. The van der Waals surface area contributed by atoms with Crippen LogP contribution < -0.4 is 26.2 Å². The zero-order valence-electron chi connectivity index (χ0n) is 47.0. The first kappa shape index (κ1) is 60.2. The Balaban J connectivity index is 0.00000298. The van der Waals surface area contributed by atoms with Crippen molar-refractivity contribution in [2.24, 2.45) is 5.41 Å². The smallest absolute Gasteiger partial charge is 0.254 e. The number of unbranched alkanes of at least 4 members (excludes halogenated alkanes) is 1. The van der Waals surface area contributed by atoms with Crippen molar-refractivity contribution in [2.75, 3.05) is 57.2 Å². The zero-order chi connectivity index (χ0) is 55.9. The highest BCUT2D eigenvalue weighted by Crippen LogP contribution is 2.37. The molecule has 7 heterocycles. The van der Waals surface area contributed by atoms with Crippen molar-refractivity contribution in [3.63, 3.8) is 0 Å². The summed E-state index contributed by atoms with van der Waals surface area (Å²) in [6, 6.07) is 16.9. The average molecular weight is 1120 g/mol. The van der Waals surface area contributed by atoms with Gasteiger partial charge in [-0.05, 0) is 113 Å². The van der Waals surface area contributed by atoms with E-state index in [1.807, 2.05) is 121 Å². The molecule has 5 N–H and O–H groups in total. The predicted molar refractivity (Wildman–Crippen MR) is 314 cm³/mol. The molecule has 0 saturated carbocycles. The quantitative estimate of drug-likeness (QED) is 0.0483. The Morgan fingerprint density at radius 2 is 1.75 bits per heavy atom. The second kappa shape index (κ2) is 26.2. The number of thiazole rings is 1. The van der Waals surface area contributed by atoms with Crippen molar-refractivity contribution in [3.8, 4) is 21.7 Å². The summed E-state index contributed by atoms with van der Waals surface area (Å²) in [5.74, 6) is -0.667. The Bertz CT molecular complexity index is 3100. The highest BCUT2D eigenvalue weighted by Gasteiger charge is 2.42. The van der Waals surface area contributed by atoms with Crippen molar-refractivity contribution in [3.05, 3.63) is 112 Å². The van der Waals surface area contributed by atoms with Gasteiger partial charge >= 0.3 is 0 Å². The normalized spacial score (nSPS) is 16.6. The molecule has 3 atom stereocenters. The lowest BCUT2D eigenvalue weighted by Crippen LogP contribution is -2.57. The van der Waals surface area contributed by atoms with E-state index in [4.69, 9.17) is 9.72 Å². The molecule has 424 valence electrons. The fourth-order valence-corrected chi connectivity index (χ4v) is 11.4. The number of halogens is 1. The van der Waals surface area contributed by atoms with Gasteiger partial charge in [0.15, 0.2) is 0 Å². The molecule has 0 radical (unpaired) electrons. The van der Waals surface area contributed by atoms with Crippen LogP contribution in [0.15, 0.2) is 78.6 Å². The number of rotatable bonds is 19. The summed E-state index contributed by atoms with van der Waals surface area (Å²) in [6.07, 6.45) is 6.92. The van der Waals surface area contributed by atoms with Crippen molar-refractivity contribution >= 4 is 71.3 Å². The van der Waals surface area contributed by atoms with Gasteiger partial charge in [0.2, 0.25) is 17.7 Å². The number of amides is 4. The van der Waals surface area contributed by atoms with E-state index in [9.17, 15) is 28.7 Å². The molecule has 4 aromatic heterocycles. The number of hydrogen-bond acceptors (Lipinski definition) is 13. The van der Waals surface area contributed by atoms with Crippen LogP contribution in [0.25, 0.3) is 27.3 Å². The Labute approximate surface area is 474 Å². The van der Waals surface area contributed by atoms with E-state index in [1.165, 1.54) is 12.1 Å². The number of aromatic nitrogens is 4. The maximum Gasteiger partial charge on any atom is 0.254 e. The third-order valence-electron chi connectivity index (χ3n) is 14.8. The number of carbonyl (C=O) groups excluding carboxylic acids is 4. The fraction of sp³-hybridized carbons (Fsp3) is 0.475. The second-order valence-corrected chi connectivity index (χ2v) is 22.7. The SMILES string of the molecule is CC.Cc1ncsc1-c1ccc(C(C)NC(=O)C2CCCN2C(=O)C(NC(=O)CCCCOCC2(O)CCN(c3ccc(Nc4ccc(-c5cnc6cc(F)ccn56)c5c4C(=O)NC5)nc3CN(C)C)CC2)C(C)(C)C)cc1.S. The molecule has 9 rings (SSSR count). The lowest BCUT2D eigenvalue weighted by molar-refractivity contribution is -0.144. The number of fused-ring (bicyclic) bond motifs is 2. The molecule has 6 aromatic rings. The van der Waals surface area contributed by atoms with Gasteiger partial charge in [-0.3, -0.25) is 23.6 Å². The third-order valence-corrected chi connectivity index (χ3v) is 15.8. The van der Waals surface area contributed by atoms with E-state index in [2.05, 4.69) is 41.0 Å². The fourth-order valence-electron chi connectivity index (χ4n) is 10.6. The Morgan fingerprint density at radius 3 is 2.44 bits per heavy atom. The van der Waals surface area contributed by atoms with Crippen LogP contribution in [0.1, 0.15) is 125 Å². The molecule has 3 aliphatic heterocycles. The third kappa shape index (κ3) is 14.1. The maximum atomic E-state index is 14.2. The first-order chi connectivity index (χ1) is 37.4. The van der Waals surface area contributed by atoms with E-state index >= 15 is 0 Å². The summed E-state index contributed by atoms with van der Waals surface area (Å²) in [5, 5.41) is 24.1.